The van der Waals surface area contributed by atoms with E-state index in [0.717, 1.165) is 6.42 Å². The van der Waals surface area contributed by atoms with Crippen LogP contribution in [-0.4, -0.2) is 9.13 Å². The van der Waals surface area contributed by atoms with E-state index >= 15 is 0 Å². The van der Waals surface area contributed by atoms with Gasteiger partial charge in [0, 0.05) is 44.3 Å². The minimum absolute atomic E-state index is 0.0451. The van der Waals surface area contributed by atoms with Crippen LogP contribution >= 0.6 is 0 Å². The molecular formula is C39H30N2. The lowest BCUT2D eigenvalue weighted by Gasteiger charge is -2.26. The molecule has 0 aliphatic heterocycles. The second-order valence-electron chi connectivity index (χ2n) is 12.1. The Labute approximate surface area is 239 Å². The first-order valence-corrected chi connectivity index (χ1v) is 14.7. The average molecular weight is 527 g/mol. The smallest absolute Gasteiger partial charge is 0.0584 e. The maximum atomic E-state index is 2.55. The Bertz CT molecular complexity index is 2240. The van der Waals surface area contributed by atoms with Crippen molar-refractivity contribution in [2.24, 2.45) is 0 Å². The van der Waals surface area contributed by atoms with E-state index in [-0.39, 0.29) is 5.41 Å². The van der Waals surface area contributed by atoms with E-state index in [1.54, 1.807) is 5.57 Å². The summed E-state index contributed by atoms with van der Waals surface area (Å²) >= 11 is 0. The van der Waals surface area contributed by atoms with Crippen molar-refractivity contribution in [3.05, 3.63) is 144 Å². The lowest BCUT2D eigenvalue weighted by Crippen LogP contribution is -2.18. The topological polar surface area (TPSA) is 9.86 Å². The standard InChI is InChI=1S/C39H30N2/c1-39(2)33-19-11-9-17-27(33)29-21-22-30-32-24-35-31(23-36(32)41(38(30)37(29)39)26-15-7-4-8-16-26)28-18-10-12-20-34(28)40(35)25-13-5-3-6-14-25/h3-16,18-24,27H,17H2,1-2H3. The monoisotopic (exact) mass is 526 g/mol. The fraction of sp³-hybridized carbons (Fsp3) is 0.128. The van der Waals surface area contributed by atoms with Crippen LogP contribution in [0.4, 0.5) is 0 Å². The molecule has 5 aromatic carbocycles. The Balaban J connectivity index is 1.49. The molecule has 0 N–H and O–H groups in total. The van der Waals surface area contributed by atoms with E-state index in [0.29, 0.717) is 5.92 Å². The number of allylic oxidation sites excluding steroid dienone is 4. The molecule has 2 aliphatic rings. The fourth-order valence-electron chi connectivity index (χ4n) is 7.94. The minimum atomic E-state index is -0.0451. The highest BCUT2D eigenvalue weighted by Crippen LogP contribution is 2.56. The van der Waals surface area contributed by atoms with E-state index in [2.05, 4.69) is 150 Å². The quantitative estimate of drug-likeness (QED) is 0.212. The summed E-state index contributed by atoms with van der Waals surface area (Å²) < 4.78 is 4.97. The number of hydrogen-bond donors (Lipinski definition) is 0. The van der Waals surface area contributed by atoms with Crippen molar-refractivity contribution in [3.8, 4) is 11.4 Å². The maximum Gasteiger partial charge on any atom is 0.0584 e. The highest BCUT2D eigenvalue weighted by atomic mass is 15.0. The SMILES string of the molecule is CC1(C)C2=CC=CCC2c2ccc3c4cc5c(cc4n(-c4ccccc4)c3c21)c1ccccc1n5-c1ccccc1. The molecule has 0 amide bonds. The summed E-state index contributed by atoms with van der Waals surface area (Å²) in [6.07, 6.45) is 8.04. The van der Waals surface area contributed by atoms with Crippen molar-refractivity contribution < 1.29 is 0 Å². The number of aromatic nitrogens is 2. The summed E-state index contributed by atoms with van der Waals surface area (Å²) in [6, 6.07) is 40.3. The van der Waals surface area contributed by atoms with E-state index in [9.17, 15) is 0 Å². The van der Waals surface area contributed by atoms with E-state index in [4.69, 9.17) is 0 Å². The van der Waals surface area contributed by atoms with Crippen LogP contribution in [0.5, 0.6) is 0 Å². The van der Waals surface area contributed by atoms with Gasteiger partial charge < -0.3 is 9.13 Å². The molecule has 0 saturated carbocycles. The zero-order valence-electron chi connectivity index (χ0n) is 23.3. The highest BCUT2D eigenvalue weighted by Gasteiger charge is 2.43. The summed E-state index contributed by atoms with van der Waals surface area (Å²) in [6.45, 7) is 4.85. The third-order valence-corrected chi connectivity index (χ3v) is 9.66. The largest absolute Gasteiger partial charge is 0.309 e. The Hall–Kier alpha value is -4.82. The lowest BCUT2D eigenvalue weighted by atomic mass is 9.78. The van der Waals surface area contributed by atoms with E-state index < -0.39 is 0 Å². The van der Waals surface area contributed by atoms with Crippen LogP contribution in [0, 0.1) is 0 Å². The summed E-state index contributed by atoms with van der Waals surface area (Å²) in [5.74, 6) is 0.460. The molecule has 2 nitrogen and oxygen atoms in total. The van der Waals surface area contributed by atoms with E-state index in [1.807, 2.05) is 0 Å². The van der Waals surface area contributed by atoms with Crippen LogP contribution in [-0.2, 0) is 5.41 Å². The molecular weight excluding hydrogens is 496 g/mol. The molecule has 1 unspecified atom stereocenters. The minimum Gasteiger partial charge on any atom is -0.309 e. The van der Waals surface area contributed by atoms with Gasteiger partial charge in [0.25, 0.3) is 0 Å². The fourth-order valence-corrected chi connectivity index (χ4v) is 7.94. The molecule has 0 fully saturated rings. The maximum absolute atomic E-state index is 2.55. The van der Waals surface area contributed by atoms with Crippen LogP contribution in [0.25, 0.3) is 55.0 Å². The predicted molar refractivity (Wildman–Crippen MR) is 173 cm³/mol. The van der Waals surface area contributed by atoms with Gasteiger partial charge in [0.15, 0.2) is 0 Å². The number of para-hydroxylation sites is 3. The van der Waals surface area contributed by atoms with Gasteiger partial charge in [-0.25, -0.2) is 0 Å². The van der Waals surface area contributed by atoms with Crippen LogP contribution in [0.15, 0.2) is 133 Å². The van der Waals surface area contributed by atoms with Gasteiger partial charge in [-0.15, -0.1) is 0 Å². The molecule has 2 aromatic heterocycles. The first-order valence-electron chi connectivity index (χ1n) is 14.7. The Morgan fingerprint density at radius 2 is 1.24 bits per heavy atom. The average Bonchev–Trinajstić information content (AvgIpc) is 3.60. The van der Waals surface area contributed by atoms with Gasteiger partial charge in [0.1, 0.15) is 0 Å². The number of rotatable bonds is 2. The molecule has 0 saturated heterocycles. The molecule has 0 spiro atoms. The van der Waals surface area contributed by atoms with Gasteiger partial charge in [-0.3, -0.25) is 0 Å². The van der Waals surface area contributed by atoms with Gasteiger partial charge in [-0.05, 0) is 60.0 Å². The molecule has 0 bridgehead atoms. The van der Waals surface area contributed by atoms with Crippen molar-refractivity contribution >= 4 is 43.6 Å². The zero-order chi connectivity index (χ0) is 27.3. The zero-order valence-corrected chi connectivity index (χ0v) is 23.3. The second kappa shape index (κ2) is 8.11. The van der Waals surface area contributed by atoms with Crippen molar-refractivity contribution in [2.75, 3.05) is 0 Å². The molecule has 0 radical (unpaired) electrons. The summed E-state index contributed by atoms with van der Waals surface area (Å²) in [5, 5.41) is 5.20. The Kier molecular flexibility index (Phi) is 4.54. The van der Waals surface area contributed by atoms with Crippen molar-refractivity contribution in [1.29, 1.82) is 0 Å². The van der Waals surface area contributed by atoms with Crippen molar-refractivity contribution in [2.45, 2.75) is 31.6 Å². The highest BCUT2D eigenvalue weighted by molar-refractivity contribution is 6.19. The van der Waals surface area contributed by atoms with Gasteiger partial charge in [-0.1, -0.05) is 104 Å². The van der Waals surface area contributed by atoms with Crippen LogP contribution in [0.3, 0.4) is 0 Å². The first-order chi connectivity index (χ1) is 20.1. The molecule has 2 aliphatic carbocycles. The second-order valence-corrected chi connectivity index (χ2v) is 12.1. The lowest BCUT2D eigenvalue weighted by molar-refractivity contribution is 0.614. The third kappa shape index (κ3) is 2.97. The molecule has 41 heavy (non-hydrogen) atoms. The number of benzene rings is 5. The first kappa shape index (κ1) is 22.9. The summed E-state index contributed by atoms with van der Waals surface area (Å²) in [4.78, 5) is 0. The molecule has 9 rings (SSSR count). The van der Waals surface area contributed by atoms with Crippen molar-refractivity contribution in [1.82, 2.24) is 9.13 Å². The number of nitrogens with zero attached hydrogens (tertiary/aromatic N) is 2. The molecule has 1 atom stereocenters. The normalized spacial score (nSPS) is 17.4. The Morgan fingerprint density at radius 3 is 2.00 bits per heavy atom. The van der Waals surface area contributed by atoms with Gasteiger partial charge in [0.2, 0.25) is 0 Å². The van der Waals surface area contributed by atoms with Crippen molar-refractivity contribution in [3.63, 3.8) is 0 Å². The van der Waals surface area contributed by atoms with E-state index in [1.165, 1.54) is 66.1 Å². The van der Waals surface area contributed by atoms with Crippen LogP contribution in [0.2, 0.25) is 0 Å². The number of hydrogen-bond acceptors (Lipinski definition) is 0. The molecule has 2 heteroatoms. The summed E-state index contributed by atoms with van der Waals surface area (Å²) in [7, 11) is 0. The van der Waals surface area contributed by atoms with Gasteiger partial charge in [0.05, 0.1) is 22.1 Å². The van der Waals surface area contributed by atoms with Crippen LogP contribution < -0.4 is 0 Å². The Morgan fingerprint density at radius 1 is 0.610 bits per heavy atom. The van der Waals surface area contributed by atoms with Crippen LogP contribution in [0.1, 0.15) is 37.3 Å². The third-order valence-electron chi connectivity index (χ3n) is 9.66. The van der Waals surface area contributed by atoms with Gasteiger partial charge >= 0.3 is 0 Å². The predicted octanol–water partition coefficient (Wildman–Crippen LogP) is 10.1. The molecule has 2 heterocycles. The summed E-state index contributed by atoms with van der Waals surface area (Å²) in [5.41, 5.74) is 12.0. The van der Waals surface area contributed by atoms with Gasteiger partial charge in [-0.2, -0.15) is 0 Å². The molecule has 7 aromatic rings. The molecule has 196 valence electrons. The number of fused-ring (bicyclic) bond motifs is 10.